The van der Waals surface area contributed by atoms with Crippen molar-refractivity contribution in [2.24, 2.45) is 9.50 Å². The summed E-state index contributed by atoms with van der Waals surface area (Å²) in [5.74, 6) is -0.0728. The summed E-state index contributed by atoms with van der Waals surface area (Å²) in [6.07, 6.45) is 1.24. The molecule has 3 rings (SSSR count). The zero-order valence-corrected chi connectivity index (χ0v) is 12.6. The van der Waals surface area contributed by atoms with Crippen molar-refractivity contribution in [3.05, 3.63) is 57.8 Å². The molecule has 0 aliphatic carbocycles. The Bertz CT molecular complexity index is 945. The Hall–Kier alpha value is -3.01. The molecular formula is C13H10N4O5S. The van der Waals surface area contributed by atoms with Gasteiger partial charge in [0.05, 0.1) is 12.3 Å². The Kier molecular flexibility index (Phi) is 3.45. The number of benzene rings is 1. The smallest absolute Gasteiger partial charge is 0.400 e. The second-order valence-electron chi connectivity index (χ2n) is 4.59. The van der Waals surface area contributed by atoms with Gasteiger partial charge < -0.3 is 4.42 Å². The van der Waals surface area contributed by atoms with Gasteiger partial charge in [0.2, 0.25) is 0 Å². The lowest BCUT2D eigenvalue weighted by molar-refractivity contribution is -0.402. The molecule has 2 aromatic rings. The van der Waals surface area contributed by atoms with Gasteiger partial charge in [0.15, 0.2) is 11.6 Å². The van der Waals surface area contributed by atoms with Gasteiger partial charge in [-0.05, 0) is 18.2 Å². The van der Waals surface area contributed by atoms with E-state index in [4.69, 9.17) is 4.42 Å². The molecule has 0 unspecified atom stereocenters. The van der Waals surface area contributed by atoms with E-state index in [-0.39, 0.29) is 16.5 Å². The van der Waals surface area contributed by atoms with Crippen LogP contribution in [0.2, 0.25) is 0 Å². The topological polar surface area (TPSA) is 118 Å². The summed E-state index contributed by atoms with van der Waals surface area (Å²) in [6.45, 7) is 0. The minimum Gasteiger partial charge on any atom is -0.400 e. The lowest BCUT2D eigenvalue weighted by atomic mass is 10.2. The number of furan rings is 1. The fraction of sp³-hybridized carbons (Fsp3) is 0.0769. The molecule has 1 aliphatic heterocycles. The van der Waals surface area contributed by atoms with E-state index in [1.807, 2.05) is 0 Å². The van der Waals surface area contributed by atoms with E-state index in [1.54, 1.807) is 18.2 Å². The quantitative estimate of drug-likeness (QED) is 0.478. The normalized spacial score (nSPS) is 15.4. The van der Waals surface area contributed by atoms with Gasteiger partial charge in [-0.3, -0.25) is 10.1 Å². The van der Waals surface area contributed by atoms with Crippen LogP contribution in [0.1, 0.15) is 11.3 Å². The predicted octanol–water partition coefficient (Wildman–Crippen LogP) is 1.60. The van der Waals surface area contributed by atoms with Crippen molar-refractivity contribution in [1.29, 1.82) is 0 Å². The SMILES string of the molecule is CN(/N=C\c1ccc([N+](=O)[O-])o1)C1=NS(=O)(=O)c2ccccc21. The van der Waals surface area contributed by atoms with Crippen molar-refractivity contribution < 1.29 is 17.8 Å². The summed E-state index contributed by atoms with van der Waals surface area (Å²) in [7, 11) is -2.21. The van der Waals surface area contributed by atoms with Crippen LogP contribution in [-0.4, -0.2) is 37.4 Å². The van der Waals surface area contributed by atoms with E-state index < -0.39 is 20.8 Å². The van der Waals surface area contributed by atoms with Crippen LogP contribution in [0.4, 0.5) is 5.88 Å². The van der Waals surface area contributed by atoms with Gasteiger partial charge in [0.25, 0.3) is 10.0 Å². The highest BCUT2D eigenvalue weighted by atomic mass is 32.2. The van der Waals surface area contributed by atoms with Crippen molar-refractivity contribution >= 4 is 28.0 Å². The number of hydrogen-bond donors (Lipinski definition) is 0. The number of hydrogen-bond acceptors (Lipinski definition) is 7. The van der Waals surface area contributed by atoms with Gasteiger partial charge in [-0.1, -0.05) is 12.1 Å². The number of nitro groups is 1. The van der Waals surface area contributed by atoms with Crippen LogP contribution in [0, 0.1) is 10.1 Å². The van der Waals surface area contributed by atoms with Crippen LogP contribution >= 0.6 is 0 Å². The van der Waals surface area contributed by atoms with Crippen molar-refractivity contribution in [1.82, 2.24) is 5.01 Å². The van der Waals surface area contributed by atoms with Gasteiger partial charge in [-0.2, -0.15) is 13.5 Å². The van der Waals surface area contributed by atoms with E-state index >= 15 is 0 Å². The fourth-order valence-electron chi connectivity index (χ4n) is 2.03. The molecular weight excluding hydrogens is 324 g/mol. The molecule has 1 aliphatic rings. The molecule has 10 heteroatoms. The molecule has 0 fully saturated rings. The number of amidine groups is 1. The zero-order valence-electron chi connectivity index (χ0n) is 11.8. The van der Waals surface area contributed by atoms with Gasteiger partial charge in [-0.25, -0.2) is 5.01 Å². The molecule has 9 nitrogen and oxygen atoms in total. The summed E-state index contributed by atoms with van der Waals surface area (Å²) in [5, 5.41) is 15.8. The Morgan fingerprint density at radius 1 is 1.30 bits per heavy atom. The van der Waals surface area contributed by atoms with Gasteiger partial charge in [-0.15, -0.1) is 4.40 Å². The Morgan fingerprint density at radius 2 is 2.04 bits per heavy atom. The molecule has 0 saturated carbocycles. The van der Waals surface area contributed by atoms with E-state index in [2.05, 4.69) is 9.50 Å². The fourth-order valence-corrected chi connectivity index (χ4v) is 3.26. The summed E-state index contributed by atoms with van der Waals surface area (Å²) in [6, 6.07) is 8.99. The van der Waals surface area contributed by atoms with Crippen LogP contribution in [-0.2, 0) is 10.0 Å². The maximum atomic E-state index is 12.0. The second kappa shape index (κ2) is 5.32. The zero-order chi connectivity index (χ0) is 16.6. The van der Waals surface area contributed by atoms with Crippen molar-refractivity contribution in [3.63, 3.8) is 0 Å². The third kappa shape index (κ3) is 2.71. The first-order chi connectivity index (χ1) is 10.9. The number of hydrazone groups is 1. The molecule has 1 aromatic carbocycles. The molecule has 0 bridgehead atoms. The minimum absolute atomic E-state index is 0.116. The Balaban J connectivity index is 1.88. The molecule has 2 heterocycles. The Labute approximate surface area is 130 Å². The molecule has 0 spiro atoms. The van der Waals surface area contributed by atoms with Crippen LogP contribution < -0.4 is 0 Å². The van der Waals surface area contributed by atoms with Crippen LogP contribution in [0.25, 0.3) is 0 Å². The third-order valence-electron chi connectivity index (χ3n) is 3.07. The van der Waals surface area contributed by atoms with Gasteiger partial charge in [0, 0.05) is 12.6 Å². The monoisotopic (exact) mass is 334 g/mol. The van der Waals surface area contributed by atoms with Crippen molar-refractivity contribution in [2.45, 2.75) is 4.90 Å². The summed E-state index contributed by atoms with van der Waals surface area (Å²) < 4.78 is 32.6. The molecule has 0 saturated heterocycles. The molecule has 0 radical (unpaired) electrons. The molecule has 118 valence electrons. The van der Waals surface area contributed by atoms with Gasteiger partial charge in [0.1, 0.15) is 9.82 Å². The largest absolute Gasteiger partial charge is 0.433 e. The van der Waals surface area contributed by atoms with E-state index in [1.165, 1.54) is 36.5 Å². The average molecular weight is 334 g/mol. The summed E-state index contributed by atoms with van der Waals surface area (Å²) in [5.41, 5.74) is 0.442. The highest BCUT2D eigenvalue weighted by Gasteiger charge is 2.30. The summed E-state index contributed by atoms with van der Waals surface area (Å²) >= 11 is 0. The summed E-state index contributed by atoms with van der Waals surface area (Å²) in [4.78, 5) is 10.00. The van der Waals surface area contributed by atoms with E-state index in [0.717, 1.165) is 0 Å². The maximum absolute atomic E-state index is 12.0. The number of nitrogens with zero attached hydrogens (tertiary/aromatic N) is 4. The first kappa shape index (κ1) is 14.9. The van der Waals surface area contributed by atoms with Gasteiger partial charge >= 0.3 is 5.88 Å². The van der Waals surface area contributed by atoms with Crippen molar-refractivity contribution in [3.8, 4) is 0 Å². The van der Waals surface area contributed by atoms with Crippen LogP contribution in [0.3, 0.4) is 0 Å². The molecule has 1 aromatic heterocycles. The number of sulfonamides is 1. The van der Waals surface area contributed by atoms with Crippen LogP contribution in [0.5, 0.6) is 0 Å². The Morgan fingerprint density at radius 3 is 2.74 bits per heavy atom. The average Bonchev–Trinajstić information content (AvgIpc) is 3.09. The lowest BCUT2D eigenvalue weighted by Gasteiger charge is -2.11. The molecule has 0 N–H and O–H groups in total. The molecule has 23 heavy (non-hydrogen) atoms. The standard InChI is InChI=1S/C13H10N4O5S/c1-16(14-8-9-6-7-12(22-9)17(18)19)13-10-4-2-3-5-11(10)23(20,21)15-13/h2-8H,1H3/b14-8-. The van der Waals surface area contributed by atoms with E-state index in [0.29, 0.717) is 5.56 Å². The highest BCUT2D eigenvalue weighted by Crippen LogP contribution is 2.27. The first-order valence-corrected chi connectivity index (χ1v) is 7.79. The van der Waals surface area contributed by atoms with Crippen molar-refractivity contribution in [2.75, 3.05) is 7.05 Å². The molecule has 0 amide bonds. The molecule has 0 atom stereocenters. The minimum atomic E-state index is -3.73. The highest BCUT2D eigenvalue weighted by molar-refractivity contribution is 7.90. The first-order valence-electron chi connectivity index (χ1n) is 6.35. The lowest BCUT2D eigenvalue weighted by Crippen LogP contribution is -2.21. The van der Waals surface area contributed by atoms with E-state index in [9.17, 15) is 18.5 Å². The number of fused-ring (bicyclic) bond motifs is 1. The maximum Gasteiger partial charge on any atom is 0.433 e. The van der Waals surface area contributed by atoms with Crippen LogP contribution in [0.15, 0.2) is 55.2 Å². The number of rotatable bonds is 3. The third-order valence-corrected chi connectivity index (χ3v) is 4.39. The predicted molar refractivity (Wildman–Crippen MR) is 80.9 cm³/mol. The second-order valence-corrected chi connectivity index (χ2v) is 6.16.